The van der Waals surface area contributed by atoms with Crippen LogP contribution < -0.4 is 11.1 Å². The van der Waals surface area contributed by atoms with Crippen molar-refractivity contribution in [1.29, 1.82) is 0 Å². The normalized spacial score (nSPS) is 12.5. The minimum Gasteiger partial charge on any atom is -0.370 e. The number of aryl methyl sites for hydroxylation is 3. The van der Waals surface area contributed by atoms with Crippen molar-refractivity contribution in [3.05, 3.63) is 34.4 Å². The Kier molecular flexibility index (Phi) is 4.70. The van der Waals surface area contributed by atoms with Gasteiger partial charge in [0, 0.05) is 19.0 Å². The fraction of sp³-hybridized carbons (Fsp3) is 0.500. The van der Waals surface area contributed by atoms with Crippen molar-refractivity contribution in [2.24, 2.45) is 5.73 Å². The quantitative estimate of drug-likeness (QED) is 0.820. The first-order chi connectivity index (χ1) is 7.91. The highest BCUT2D eigenvalue weighted by Crippen LogP contribution is 2.23. The van der Waals surface area contributed by atoms with Gasteiger partial charge in [0.05, 0.1) is 0 Å². The SMILES string of the molecule is Cc1cc(C)c(C(C)NCCC(N)=O)c(C)c1. The highest BCUT2D eigenvalue weighted by Gasteiger charge is 2.11. The molecule has 0 bridgehead atoms. The minimum absolute atomic E-state index is 0.245. The van der Waals surface area contributed by atoms with Gasteiger partial charge in [-0.15, -0.1) is 0 Å². The number of carbonyl (C=O) groups is 1. The van der Waals surface area contributed by atoms with E-state index >= 15 is 0 Å². The Labute approximate surface area is 103 Å². The number of hydrogen-bond donors (Lipinski definition) is 2. The smallest absolute Gasteiger partial charge is 0.218 e. The van der Waals surface area contributed by atoms with Gasteiger partial charge in [-0.05, 0) is 44.4 Å². The van der Waals surface area contributed by atoms with E-state index in [4.69, 9.17) is 5.73 Å². The topological polar surface area (TPSA) is 55.1 Å². The number of nitrogens with two attached hydrogens (primary N) is 1. The fourth-order valence-corrected chi connectivity index (χ4v) is 2.39. The monoisotopic (exact) mass is 234 g/mol. The summed E-state index contributed by atoms with van der Waals surface area (Å²) >= 11 is 0. The first-order valence-corrected chi connectivity index (χ1v) is 6.01. The van der Waals surface area contributed by atoms with E-state index in [2.05, 4.69) is 45.1 Å². The van der Waals surface area contributed by atoms with Crippen LogP contribution in [0.15, 0.2) is 12.1 Å². The number of carbonyl (C=O) groups excluding carboxylic acids is 1. The Balaban J connectivity index is 2.75. The van der Waals surface area contributed by atoms with E-state index < -0.39 is 0 Å². The highest BCUT2D eigenvalue weighted by atomic mass is 16.1. The van der Waals surface area contributed by atoms with E-state index in [1.807, 2.05) is 0 Å². The fourth-order valence-electron chi connectivity index (χ4n) is 2.39. The van der Waals surface area contributed by atoms with Crippen molar-refractivity contribution in [3.8, 4) is 0 Å². The Morgan fingerprint density at radius 3 is 2.29 bits per heavy atom. The maximum Gasteiger partial charge on any atom is 0.218 e. The van der Waals surface area contributed by atoms with Crippen molar-refractivity contribution < 1.29 is 4.79 Å². The van der Waals surface area contributed by atoms with Crippen LogP contribution in [0.1, 0.15) is 41.6 Å². The highest BCUT2D eigenvalue weighted by molar-refractivity contribution is 5.73. The number of benzene rings is 1. The van der Waals surface area contributed by atoms with Crippen molar-refractivity contribution in [1.82, 2.24) is 5.32 Å². The van der Waals surface area contributed by atoms with E-state index in [9.17, 15) is 4.79 Å². The Morgan fingerprint density at radius 1 is 1.29 bits per heavy atom. The third kappa shape index (κ3) is 3.86. The molecule has 0 saturated carbocycles. The van der Waals surface area contributed by atoms with Crippen LogP contribution >= 0.6 is 0 Å². The van der Waals surface area contributed by atoms with Crippen LogP contribution in [-0.4, -0.2) is 12.5 Å². The Bertz CT molecular complexity index is 390. The average Bonchev–Trinajstić information content (AvgIpc) is 2.14. The van der Waals surface area contributed by atoms with E-state index in [0.717, 1.165) is 0 Å². The molecule has 0 radical (unpaired) electrons. The van der Waals surface area contributed by atoms with Gasteiger partial charge in [0.1, 0.15) is 0 Å². The predicted octanol–water partition coefficient (Wildman–Crippen LogP) is 2.14. The molecule has 3 nitrogen and oxygen atoms in total. The number of nitrogens with one attached hydrogen (secondary N) is 1. The molecule has 3 N–H and O–H groups in total. The van der Waals surface area contributed by atoms with Crippen molar-refractivity contribution in [3.63, 3.8) is 0 Å². The molecule has 0 spiro atoms. The van der Waals surface area contributed by atoms with Crippen LogP contribution in [0.5, 0.6) is 0 Å². The molecule has 0 fully saturated rings. The molecule has 1 rings (SSSR count). The third-order valence-corrected chi connectivity index (χ3v) is 2.99. The van der Waals surface area contributed by atoms with Gasteiger partial charge in [0.25, 0.3) is 0 Å². The maximum absolute atomic E-state index is 10.7. The molecule has 0 saturated heterocycles. The summed E-state index contributed by atoms with van der Waals surface area (Å²) in [6.07, 6.45) is 0.383. The molecule has 0 heterocycles. The number of hydrogen-bond acceptors (Lipinski definition) is 2. The second kappa shape index (κ2) is 5.82. The van der Waals surface area contributed by atoms with Crippen LogP contribution in [0, 0.1) is 20.8 Å². The molecule has 1 aromatic rings. The van der Waals surface area contributed by atoms with Gasteiger partial charge in [0.2, 0.25) is 5.91 Å². The van der Waals surface area contributed by atoms with Gasteiger partial charge in [-0.25, -0.2) is 0 Å². The molecule has 17 heavy (non-hydrogen) atoms. The van der Waals surface area contributed by atoms with E-state index in [1.54, 1.807) is 0 Å². The zero-order valence-electron chi connectivity index (χ0n) is 11.1. The lowest BCUT2D eigenvalue weighted by atomic mass is 9.95. The lowest BCUT2D eigenvalue weighted by Gasteiger charge is -2.19. The average molecular weight is 234 g/mol. The van der Waals surface area contributed by atoms with Gasteiger partial charge < -0.3 is 11.1 Å². The zero-order valence-corrected chi connectivity index (χ0v) is 11.1. The first-order valence-electron chi connectivity index (χ1n) is 6.01. The summed E-state index contributed by atoms with van der Waals surface area (Å²) in [5.41, 5.74) is 10.3. The molecule has 94 valence electrons. The van der Waals surface area contributed by atoms with Crippen LogP contribution in [-0.2, 0) is 4.79 Å². The molecule has 1 aromatic carbocycles. The molecule has 1 unspecified atom stereocenters. The summed E-state index contributed by atoms with van der Waals surface area (Å²) in [5.74, 6) is -0.262. The van der Waals surface area contributed by atoms with Crippen LogP contribution in [0.2, 0.25) is 0 Å². The number of primary amides is 1. The predicted molar refractivity (Wildman–Crippen MR) is 70.9 cm³/mol. The van der Waals surface area contributed by atoms with Crippen LogP contribution in [0.25, 0.3) is 0 Å². The standard InChI is InChI=1S/C14H22N2O/c1-9-7-10(2)14(11(3)8-9)12(4)16-6-5-13(15)17/h7-8,12,16H,5-6H2,1-4H3,(H2,15,17). The van der Waals surface area contributed by atoms with E-state index in [0.29, 0.717) is 13.0 Å². The largest absolute Gasteiger partial charge is 0.370 e. The van der Waals surface area contributed by atoms with Crippen molar-refractivity contribution in [2.75, 3.05) is 6.54 Å². The molecular weight excluding hydrogens is 212 g/mol. The summed E-state index contributed by atoms with van der Waals surface area (Å²) in [6, 6.07) is 4.62. The second-order valence-corrected chi connectivity index (χ2v) is 4.70. The summed E-state index contributed by atoms with van der Waals surface area (Å²) in [6.45, 7) is 9.10. The molecule has 0 aliphatic carbocycles. The molecule has 0 aliphatic heterocycles. The number of amides is 1. The maximum atomic E-state index is 10.7. The lowest BCUT2D eigenvalue weighted by Crippen LogP contribution is -2.25. The van der Waals surface area contributed by atoms with Gasteiger partial charge in [-0.1, -0.05) is 17.7 Å². The van der Waals surface area contributed by atoms with Gasteiger partial charge in [-0.2, -0.15) is 0 Å². The third-order valence-electron chi connectivity index (χ3n) is 2.99. The lowest BCUT2D eigenvalue weighted by molar-refractivity contribution is -0.117. The summed E-state index contributed by atoms with van der Waals surface area (Å²) in [4.78, 5) is 10.7. The van der Waals surface area contributed by atoms with Gasteiger partial charge in [0.15, 0.2) is 0 Å². The molecule has 0 aliphatic rings. The Morgan fingerprint density at radius 2 is 1.82 bits per heavy atom. The second-order valence-electron chi connectivity index (χ2n) is 4.70. The molecular formula is C14H22N2O. The van der Waals surface area contributed by atoms with Gasteiger partial charge in [-0.3, -0.25) is 4.79 Å². The van der Waals surface area contributed by atoms with Crippen LogP contribution in [0.4, 0.5) is 0 Å². The van der Waals surface area contributed by atoms with Crippen LogP contribution in [0.3, 0.4) is 0 Å². The minimum atomic E-state index is -0.262. The van der Waals surface area contributed by atoms with Crippen molar-refractivity contribution in [2.45, 2.75) is 40.2 Å². The molecule has 1 atom stereocenters. The zero-order chi connectivity index (χ0) is 13.0. The summed E-state index contributed by atoms with van der Waals surface area (Å²) in [5, 5.41) is 3.33. The summed E-state index contributed by atoms with van der Waals surface area (Å²) in [7, 11) is 0. The first kappa shape index (κ1) is 13.7. The molecule has 0 aromatic heterocycles. The van der Waals surface area contributed by atoms with E-state index in [-0.39, 0.29) is 11.9 Å². The summed E-state index contributed by atoms with van der Waals surface area (Å²) < 4.78 is 0. The number of rotatable bonds is 5. The molecule has 3 heteroatoms. The van der Waals surface area contributed by atoms with Gasteiger partial charge >= 0.3 is 0 Å². The van der Waals surface area contributed by atoms with Crippen molar-refractivity contribution >= 4 is 5.91 Å². The molecule has 1 amide bonds. The van der Waals surface area contributed by atoms with E-state index in [1.165, 1.54) is 22.3 Å². The Hall–Kier alpha value is -1.35.